The molecule has 1 N–H and O–H groups in total. The lowest BCUT2D eigenvalue weighted by atomic mass is 9.38. The zero-order valence-corrected chi connectivity index (χ0v) is 15.3. The van der Waals surface area contributed by atoms with E-state index in [9.17, 15) is 5.11 Å². The average Bonchev–Trinajstić information content (AvgIpc) is 2.72. The first-order valence-electron chi connectivity index (χ1n) is 9.95. The topological polar surface area (TPSA) is 20.2 Å². The van der Waals surface area contributed by atoms with E-state index in [0.717, 1.165) is 18.3 Å². The van der Waals surface area contributed by atoms with Crippen LogP contribution < -0.4 is 0 Å². The Morgan fingerprint density at radius 3 is 2.00 bits per heavy atom. The van der Waals surface area contributed by atoms with Crippen LogP contribution in [0.3, 0.4) is 0 Å². The molecule has 1 nitrogen and oxygen atoms in total. The first-order valence-corrected chi connectivity index (χ1v) is 9.95. The van der Waals surface area contributed by atoms with Gasteiger partial charge in [-0.1, -0.05) is 40.5 Å². The fraction of sp³-hybridized carbons (Fsp3) is 1.00. The molecule has 0 saturated heterocycles. The third-order valence-electron chi connectivity index (χ3n) is 10.1. The van der Waals surface area contributed by atoms with Gasteiger partial charge in [0, 0.05) is 0 Å². The van der Waals surface area contributed by atoms with Gasteiger partial charge in [-0.25, -0.2) is 0 Å². The molecule has 4 aliphatic carbocycles. The smallest absolute Gasteiger partial charge is 0.0599 e. The Balaban J connectivity index is 1.74. The zero-order chi connectivity index (χ0) is 15.8. The number of fused-ring (bicyclic) bond motifs is 5. The summed E-state index contributed by atoms with van der Waals surface area (Å²) in [6, 6.07) is 0. The molecule has 4 rings (SSSR count). The van der Waals surface area contributed by atoms with Gasteiger partial charge in [0.05, 0.1) is 6.10 Å². The van der Waals surface area contributed by atoms with Crippen molar-refractivity contribution in [3.8, 4) is 0 Å². The summed E-state index contributed by atoms with van der Waals surface area (Å²) < 4.78 is 0. The standard InChI is InChI=1S/C21H36O/c1-18-10-5-6-11-19(18,2)15-8-13-21(4)17(22)9-14-20(21,3)16(15)7-12-18/h15-17,22H,5-14H2,1-4H3/t15-,16-,17-,18-,19+,20+,21-/m1/s1. The van der Waals surface area contributed by atoms with E-state index < -0.39 is 0 Å². The molecular weight excluding hydrogens is 268 g/mol. The van der Waals surface area contributed by atoms with Crippen LogP contribution in [0.2, 0.25) is 0 Å². The highest BCUT2D eigenvalue weighted by atomic mass is 16.3. The van der Waals surface area contributed by atoms with Gasteiger partial charge in [-0.2, -0.15) is 0 Å². The summed E-state index contributed by atoms with van der Waals surface area (Å²) in [6.45, 7) is 10.2. The number of aliphatic hydroxyl groups is 1. The Labute approximate surface area is 137 Å². The van der Waals surface area contributed by atoms with Crippen LogP contribution in [-0.4, -0.2) is 11.2 Å². The lowest BCUT2D eigenvalue weighted by molar-refractivity contribution is -0.189. The number of aliphatic hydroxyl groups excluding tert-OH is 1. The molecule has 7 atom stereocenters. The zero-order valence-electron chi connectivity index (χ0n) is 15.3. The molecule has 0 heterocycles. The van der Waals surface area contributed by atoms with Crippen molar-refractivity contribution < 1.29 is 5.11 Å². The molecule has 0 spiro atoms. The largest absolute Gasteiger partial charge is 0.393 e. The van der Waals surface area contributed by atoms with Gasteiger partial charge in [0.1, 0.15) is 0 Å². The second kappa shape index (κ2) is 4.52. The molecule has 1 heteroatoms. The Kier molecular flexibility index (Phi) is 3.18. The third kappa shape index (κ3) is 1.60. The Morgan fingerprint density at radius 1 is 0.636 bits per heavy atom. The normalized spacial score (nSPS) is 61.2. The van der Waals surface area contributed by atoms with Crippen molar-refractivity contribution in [3.63, 3.8) is 0 Å². The van der Waals surface area contributed by atoms with Crippen LogP contribution in [0.1, 0.15) is 91.9 Å². The van der Waals surface area contributed by atoms with Crippen molar-refractivity contribution >= 4 is 0 Å². The summed E-state index contributed by atoms with van der Waals surface area (Å²) >= 11 is 0. The van der Waals surface area contributed by atoms with Crippen molar-refractivity contribution in [2.45, 2.75) is 98.0 Å². The molecule has 0 aromatic rings. The molecular formula is C21H36O. The molecule has 0 unspecified atom stereocenters. The summed E-state index contributed by atoms with van der Waals surface area (Å²) in [7, 11) is 0. The number of hydrogen-bond donors (Lipinski definition) is 1. The summed E-state index contributed by atoms with van der Waals surface area (Å²) in [5.41, 5.74) is 1.73. The summed E-state index contributed by atoms with van der Waals surface area (Å²) in [5, 5.41) is 10.7. The molecule has 0 aromatic carbocycles. The highest BCUT2D eigenvalue weighted by Gasteiger charge is 2.66. The Morgan fingerprint density at radius 2 is 1.23 bits per heavy atom. The number of hydrogen-bond acceptors (Lipinski definition) is 1. The summed E-state index contributed by atoms with van der Waals surface area (Å²) in [4.78, 5) is 0. The van der Waals surface area contributed by atoms with Crippen LogP contribution in [0.25, 0.3) is 0 Å². The van der Waals surface area contributed by atoms with Crippen LogP contribution in [0.15, 0.2) is 0 Å². The van der Waals surface area contributed by atoms with Crippen LogP contribution in [0, 0.1) is 33.5 Å². The number of rotatable bonds is 0. The van der Waals surface area contributed by atoms with Crippen molar-refractivity contribution in [2.75, 3.05) is 0 Å². The van der Waals surface area contributed by atoms with Crippen molar-refractivity contribution in [2.24, 2.45) is 33.5 Å². The van der Waals surface area contributed by atoms with Gasteiger partial charge in [-0.05, 0) is 84.9 Å². The fourth-order valence-corrected chi connectivity index (χ4v) is 7.98. The van der Waals surface area contributed by atoms with E-state index >= 15 is 0 Å². The van der Waals surface area contributed by atoms with Crippen molar-refractivity contribution in [1.29, 1.82) is 0 Å². The van der Waals surface area contributed by atoms with Gasteiger partial charge < -0.3 is 5.11 Å². The van der Waals surface area contributed by atoms with Gasteiger partial charge in [0.15, 0.2) is 0 Å². The maximum Gasteiger partial charge on any atom is 0.0599 e. The van der Waals surface area contributed by atoms with Crippen LogP contribution in [0.5, 0.6) is 0 Å². The maximum absolute atomic E-state index is 10.7. The van der Waals surface area contributed by atoms with Crippen LogP contribution in [0.4, 0.5) is 0 Å². The van der Waals surface area contributed by atoms with Gasteiger partial charge in [0.25, 0.3) is 0 Å². The predicted octanol–water partition coefficient (Wildman–Crippen LogP) is 5.56. The highest BCUT2D eigenvalue weighted by molar-refractivity contribution is 5.16. The van der Waals surface area contributed by atoms with E-state index in [2.05, 4.69) is 27.7 Å². The fourth-order valence-electron chi connectivity index (χ4n) is 7.98. The third-order valence-corrected chi connectivity index (χ3v) is 10.1. The van der Waals surface area contributed by atoms with E-state index in [-0.39, 0.29) is 11.5 Å². The lowest BCUT2D eigenvalue weighted by Gasteiger charge is -2.67. The lowest BCUT2D eigenvalue weighted by Crippen LogP contribution is -2.60. The van der Waals surface area contributed by atoms with E-state index in [1.807, 2.05) is 0 Å². The maximum atomic E-state index is 10.7. The summed E-state index contributed by atoms with van der Waals surface area (Å²) in [6.07, 6.45) is 13.6. The molecule has 22 heavy (non-hydrogen) atoms. The van der Waals surface area contributed by atoms with Gasteiger partial charge >= 0.3 is 0 Å². The molecule has 126 valence electrons. The Hall–Kier alpha value is -0.0400. The molecule has 0 bridgehead atoms. The molecule has 4 saturated carbocycles. The molecule has 0 aromatic heterocycles. The minimum atomic E-state index is -0.0501. The minimum absolute atomic E-state index is 0.0501. The Bertz CT molecular complexity index is 465. The SMILES string of the molecule is C[C@]12CCCC[C@@]1(C)[C@@H]1CC[C@]3(C)[C@H](O)CC[C@@]3(C)[C@@H]1CC2. The molecule has 0 amide bonds. The van der Waals surface area contributed by atoms with Gasteiger partial charge in [-0.3, -0.25) is 0 Å². The van der Waals surface area contributed by atoms with Crippen LogP contribution in [-0.2, 0) is 0 Å². The van der Waals surface area contributed by atoms with Crippen molar-refractivity contribution in [3.05, 3.63) is 0 Å². The second-order valence-electron chi connectivity index (χ2n) is 10.4. The molecule has 0 radical (unpaired) electrons. The van der Waals surface area contributed by atoms with E-state index in [1.165, 1.54) is 57.8 Å². The van der Waals surface area contributed by atoms with E-state index in [0.29, 0.717) is 16.2 Å². The molecule has 4 fully saturated rings. The van der Waals surface area contributed by atoms with E-state index in [1.54, 1.807) is 0 Å². The van der Waals surface area contributed by atoms with E-state index in [4.69, 9.17) is 0 Å². The highest BCUT2D eigenvalue weighted by Crippen LogP contribution is 2.73. The first-order chi connectivity index (χ1) is 10.3. The average molecular weight is 305 g/mol. The second-order valence-corrected chi connectivity index (χ2v) is 10.4. The molecule has 0 aliphatic heterocycles. The van der Waals surface area contributed by atoms with Crippen molar-refractivity contribution in [1.82, 2.24) is 0 Å². The summed E-state index contributed by atoms with van der Waals surface area (Å²) in [5.74, 6) is 1.77. The monoisotopic (exact) mass is 304 g/mol. The van der Waals surface area contributed by atoms with Gasteiger partial charge in [-0.15, -0.1) is 0 Å². The minimum Gasteiger partial charge on any atom is -0.393 e. The first kappa shape index (κ1) is 15.5. The predicted molar refractivity (Wildman–Crippen MR) is 91.6 cm³/mol. The molecule has 4 aliphatic rings. The van der Waals surface area contributed by atoms with Gasteiger partial charge in [0.2, 0.25) is 0 Å². The quantitative estimate of drug-likeness (QED) is 0.621. The van der Waals surface area contributed by atoms with Crippen LogP contribution >= 0.6 is 0 Å².